The second kappa shape index (κ2) is 6.96. The predicted molar refractivity (Wildman–Crippen MR) is 106 cm³/mol. The molecule has 4 rings (SSSR count). The monoisotopic (exact) mass is 365 g/mol. The van der Waals surface area contributed by atoms with E-state index in [1.54, 1.807) is 31.9 Å². The van der Waals surface area contributed by atoms with Gasteiger partial charge in [-0.2, -0.15) is 5.10 Å². The van der Waals surface area contributed by atoms with Crippen molar-refractivity contribution in [3.05, 3.63) is 59.2 Å². The standard InChI is InChI=1S/C20H19N3O2S/c1-13(24)14-7-8-19(25-2)15(11-14)12-26-20-22-17-6-4-3-5-16(17)18-9-10-21-23(18)20/h3-8,10-11,18H,9,12H2,1-2H3. The van der Waals surface area contributed by atoms with Crippen LogP contribution >= 0.6 is 11.8 Å². The van der Waals surface area contributed by atoms with Crippen LogP contribution < -0.4 is 4.74 Å². The lowest BCUT2D eigenvalue weighted by molar-refractivity contribution is 0.101. The summed E-state index contributed by atoms with van der Waals surface area (Å²) in [6.45, 7) is 1.57. The highest BCUT2D eigenvalue weighted by atomic mass is 32.2. The molecule has 0 bridgehead atoms. The third-order valence-electron chi connectivity index (χ3n) is 4.58. The number of hydrazone groups is 1. The molecule has 0 N–H and O–H groups in total. The molecule has 6 heteroatoms. The minimum absolute atomic E-state index is 0.0482. The summed E-state index contributed by atoms with van der Waals surface area (Å²) in [4.78, 5) is 16.5. The molecule has 2 aromatic rings. The van der Waals surface area contributed by atoms with E-state index in [-0.39, 0.29) is 11.8 Å². The molecule has 1 unspecified atom stereocenters. The molecule has 0 aromatic heterocycles. The van der Waals surface area contributed by atoms with Gasteiger partial charge in [-0.1, -0.05) is 30.0 Å². The highest BCUT2D eigenvalue weighted by molar-refractivity contribution is 8.13. The van der Waals surface area contributed by atoms with Gasteiger partial charge in [-0.25, -0.2) is 10.0 Å². The number of carbonyl (C=O) groups excluding carboxylic acids is 1. The van der Waals surface area contributed by atoms with E-state index in [4.69, 9.17) is 9.73 Å². The summed E-state index contributed by atoms with van der Waals surface area (Å²) >= 11 is 1.61. The number of thioether (sulfide) groups is 1. The first kappa shape index (κ1) is 16.8. The molecule has 2 aliphatic heterocycles. The molecule has 0 fully saturated rings. The molecule has 0 amide bonds. The Balaban J connectivity index is 1.62. The molecule has 1 atom stereocenters. The van der Waals surface area contributed by atoms with Crippen LogP contribution in [0.4, 0.5) is 5.69 Å². The molecular formula is C20H19N3O2S. The number of hydrogen-bond donors (Lipinski definition) is 0. The highest BCUT2D eigenvalue weighted by Crippen LogP contribution is 2.41. The number of para-hydroxylation sites is 1. The number of Topliss-reactive ketones (excluding diaryl/α,β-unsaturated/α-hetero) is 1. The van der Waals surface area contributed by atoms with Crippen LogP contribution in [0, 0.1) is 0 Å². The van der Waals surface area contributed by atoms with Gasteiger partial charge in [0.1, 0.15) is 5.75 Å². The first-order chi connectivity index (χ1) is 12.7. The summed E-state index contributed by atoms with van der Waals surface area (Å²) in [5.41, 5.74) is 3.89. The molecule has 2 aliphatic rings. The summed E-state index contributed by atoms with van der Waals surface area (Å²) in [7, 11) is 1.64. The zero-order valence-electron chi connectivity index (χ0n) is 14.7. The fraction of sp³-hybridized carbons (Fsp3) is 0.250. The van der Waals surface area contributed by atoms with Gasteiger partial charge in [0.2, 0.25) is 0 Å². The number of benzene rings is 2. The van der Waals surface area contributed by atoms with E-state index < -0.39 is 0 Å². The van der Waals surface area contributed by atoms with Crippen LogP contribution in [-0.2, 0) is 5.75 Å². The third-order valence-corrected chi connectivity index (χ3v) is 5.57. The van der Waals surface area contributed by atoms with Gasteiger partial charge in [-0.3, -0.25) is 4.79 Å². The van der Waals surface area contributed by atoms with E-state index in [0.717, 1.165) is 28.6 Å². The van der Waals surface area contributed by atoms with Crippen LogP contribution in [0.5, 0.6) is 5.75 Å². The maximum absolute atomic E-state index is 11.7. The number of nitrogens with zero attached hydrogens (tertiary/aromatic N) is 3. The van der Waals surface area contributed by atoms with Crippen molar-refractivity contribution in [3.63, 3.8) is 0 Å². The van der Waals surface area contributed by atoms with Crippen LogP contribution in [-0.4, -0.2) is 29.3 Å². The van der Waals surface area contributed by atoms with Gasteiger partial charge >= 0.3 is 0 Å². The van der Waals surface area contributed by atoms with E-state index in [2.05, 4.69) is 11.2 Å². The molecule has 0 aliphatic carbocycles. The number of aliphatic imine (C=N–C) groups is 1. The third kappa shape index (κ3) is 3.01. The topological polar surface area (TPSA) is 54.3 Å². The average Bonchev–Trinajstić information content (AvgIpc) is 3.16. The Labute approximate surface area is 156 Å². The van der Waals surface area contributed by atoms with E-state index in [9.17, 15) is 4.79 Å². The lowest BCUT2D eigenvalue weighted by Crippen LogP contribution is -2.27. The molecule has 5 nitrogen and oxygen atoms in total. The van der Waals surface area contributed by atoms with E-state index in [1.807, 2.05) is 41.6 Å². The number of carbonyl (C=O) groups is 1. The Morgan fingerprint density at radius 1 is 1.31 bits per heavy atom. The van der Waals surface area contributed by atoms with Crippen LogP contribution in [0.15, 0.2) is 52.6 Å². The Bertz CT molecular complexity index is 923. The van der Waals surface area contributed by atoms with E-state index in [1.165, 1.54) is 5.56 Å². The molecule has 0 radical (unpaired) electrons. The van der Waals surface area contributed by atoms with Gasteiger partial charge < -0.3 is 4.74 Å². The molecule has 0 saturated heterocycles. The lowest BCUT2D eigenvalue weighted by Gasteiger charge is -2.29. The van der Waals surface area contributed by atoms with E-state index >= 15 is 0 Å². The Morgan fingerprint density at radius 3 is 2.96 bits per heavy atom. The predicted octanol–water partition coefficient (Wildman–Crippen LogP) is 4.56. The van der Waals surface area contributed by atoms with Crippen LogP contribution in [0.25, 0.3) is 0 Å². The highest BCUT2D eigenvalue weighted by Gasteiger charge is 2.32. The van der Waals surface area contributed by atoms with Crippen molar-refractivity contribution in [3.8, 4) is 5.75 Å². The van der Waals surface area contributed by atoms with Crippen molar-refractivity contribution in [1.82, 2.24) is 5.01 Å². The minimum Gasteiger partial charge on any atom is -0.496 e. The molecule has 0 saturated carbocycles. The minimum atomic E-state index is 0.0482. The molecule has 2 aromatic carbocycles. The van der Waals surface area contributed by atoms with Crippen molar-refractivity contribution in [2.24, 2.45) is 10.1 Å². The first-order valence-electron chi connectivity index (χ1n) is 8.47. The lowest BCUT2D eigenvalue weighted by atomic mass is 10.0. The van der Waals surface area contributed by atoms with Gasteiger partial charge in [-0.05, 0) is 31.2 Å². The second-order valence-electron chi connectivity index (χ2n) is 6.22. The van der Waals surface area contributed by atoms with Crippen LogP contribution in [0.3, 0.4) is 0 Å². The first-order valence-corrected chi connectivity index (χ1v) is 9.46. The number of amidine groups is 1. The van der Waals surface area contributed by atoms with Gasteiger partial charge in [0.25, 0.3) is 0 Å². The largest absolute Gasteiger partial charge is 0.496 e. The SMILES string of the molecule is COc1ccc(C(C)=O)cc1CSC1=Nc2ccccc2C2CC=NN12. The van der Waals surface area contributed by atoms with Crippen LogP contribution in [0.2, 0.25) is 0 Å². The van der Waals surface area contributed by atoms with Crippen molar-refractivity contribution in [2.75, 3.05) is 7.11 Å². The Kier molecular flexibility index (Phi) is 4.51. The molecular weight excluding hydrogens is 346 g/mol. The van der Waals surface area contributed by atoms with Crippen LogP contribution in [0.1, 0.15) is 40.9 Å². The van der Waals surface area contributed by atoms with Crippen molar-refractivity contribution in [1.29, 1.82) is 0 Å². The number of hydrogen-bond acceptors (Lipinski definition) is 6. The summed E-state index contributed by atoms with van der Waals surface area (Å²) < 4.78 is 5.46. The van der Waals surface area contributed by atoms with Crippen molar-refractivity contribution in [2.45, 2.75) is 25.1 Å². The summed E-state index contributed by atoms with van der Waals surface area (Å²) in [6, 6.07) is 14.0. The van der Waals surface area contributed by atoms with Gasteiger partial charge in [0.05, 0.1) is 18.8 Å². The molecule has 26 heavy (non-hydrogen) atoms. The number of methoxy groups -OCH3 is 1. The van der Waals surface area contributed by atoms with Gasteiger partial charge in [0.15, 0.2) is 11.0 Å². The normalized spacial score (nSPS) is 17.5. The van der Waals surface area contributed by atoms with Crippen molar-refractivity contribution < 1.29 is 9.53 Å². The summed E-state index contributed by atoms with van der Waals surface area (Å²) in [5.74, 6) is 1.48. The zero-order valence-corrected chi connectivity index (χ0v) is 15.5. The van der Waals surface area contributed by atoms with Crippen molar-refractivity contribution >= 4 is 34.6 Å². The Hall–Kier alpha value is -2.60. The number of ketones is 1. The molecule has 0 spiro atoms. The summed E-state index contributed by atoms with van der Waals surface area (Å²) in [5, 5.41) is 7.38. The number of rotatable bonds is 4. The second-order valence-corrected chi connectivity index (χ2v) is 7.16. The van der Waals surface area contributed by atoms with Gasteiger partial charge in [0, 0.05) is 35.1 Å². The maximum atomic E-state index is 11.7. The fourth-order valence-electron chi connectivity index (χ4n) is 3.23. The number of fused-ring (bicyclic) bond motifs is 3. The van der Waals surface area contributed by atoms with Gasteiger partial charge in [-0.15, -0.1) is 0 Å². The number of ether oxygens (including phenoxy) is 1. The average molecular weight is 365 g/mol. The zero-order chi connectivity index (χ0) is 18.1. The molecule has 132 valence electrons. The summed E-state index contributed by atoms with van der Waals surface area (Å²) in [6.07, 6.45) is 2.83. The molecule has 2 heterocycles. The fourth-order valence-corrected chi connectivity index (χ4v) is 4.21. The Morgan fingerprint density at radius 2 is 2.15 bits per heavy atom. The quantitative estimate of drug-likeness (QED) is 0.745. The van der Waals surface area contributed by atoms with E-state index in [0.29, 0.717) is 11.3 Å². The smallest absolute Gasteiger partial charge is 0.185 e. The maximum Gasteiger partial charge on any atom is 0.185 e.